The Morgan fingerprint density at radius 1 is 0.812 bits per heavy atom. The second kappa shape index (κ2) is 10.1. The summed E-state index contributed by atoms with van der Waals surface area (Å²) in [7, 11) is -0.959. The van der Waals surface area contributed by atoms with Crippen LogP contribution in [0.3, 0.4) is 0 Å². The van der Waals surface area contributed by atoms with Gasteiger partial charge in [0, 0.05) is 0 Å². The molecule has 0 aromatic carbocycles. The van der Waals surface area contributed by atoms with E-state index in [1.165, 1.54) is 51.4 Å². The van der Waals surface area contributed by atoms with Crippen LogP contribution in [0.2, 0.25) is 19.6 Å². The maximum Gasteiger partial charge on any atom is 0.0517 e. The van der Waals surface area contributed by atoms with Crippen molar-refractivity contribution in [1.29, 1.82) is 0 Å². The Morgan fingerprint density at radius 2 is 1.38 bits per heavy atom. The molecule has 0 aliphatic heterocycles. The molecule has 0 atom stereocenters. The highest BCUT2D eigenvalue weighted by atomic mass is 28.3. The summed E-state index contributed by atoms with van der Waals surface area (Å²) < 4.78 is 0. The molecule has 0 aromatic rings. The van der Waals surface area contributed by atoms with E-state index in [0.29, 0.717) is 0 Å². The summed E-state index contributed by atoms with van der Waals surface area (Å²) in [5.41, 5.74) is 0. The molecule has 0 aromatic heterocycles. The average Bonchev–Trinajstić information content (AvgIpc) is 2.19. The van der Waals surface area contributed by atoms with Crippen molar-refractivity contribution >= 4 is 8.07 Å². The van der Waals surface area contributed by atoms with E-state index in [1.807, 2.05) is 0 Å². The van der Waals surface area contributed by atoms with Crippen molar-refractivity contribution in [3.05, 3.63) is 18.2 Å². The van der Waals surface area contributed by atoms with Gasteiger partial charge in [0.15, 0.2) is 0 Å². The fourth-order valence-electron chi connectivity index (χ4n) is 1.67. The van der Waals surface area contributed by atoms with Gasteiger partial charge in [0.2, 0.25) is 0 Å². The normalized spacial score (nSPS) is 12.5. The van der Waals surface area contributed by atoms with Crippen LogP contribution in [0.15, 0.2) is 12.2 Å². The van der Waals surface area contributed by atoms with Crippen LogP contribution in [0.25, 0.3) is 0 Å². The second-order valence-corrected chi connectivity index (χ2v) is 10.9. The summed E-state index contributed by atoms with van der Waals surface area (Å²) in [5.74, 6) is 0. The van der Waals surface area contributed by atoms with Crippen molar-refractivity contribution in [2.45, 2.75) is 77.9 Å². The van der Waals surface area contributed by atoms with E-state index in [1.54, 1.807) is 0 Å². The first-order valence-electron chi connectivity index (χ1n) is 7.07. The lowest BCUT2D eigenvalue weighted by molar-refractivity contribution is 0.592. The fourth-order valence-corrected chi connectivity index (χ4v) is 2.39. The zero-order chi connectivity index (χ0) is 12.3. The molecule has 1 radical (unpaired) electrons. The van der Waals surface area contributed by atoms with Gasteiger partial charge in [0.05, 0.1) is 8.07 Å². The number of hydrogen-bond donors (Lipinski definition) is 0. The predicted molar refractivity (Wildman–Crippen MR) is 79.4 cm³/mol. The molecule has 0 aliphatic carbocycles. The highest BCUT2D eigenvalue weighted by Crippen LogP contribution is 2.10. The third-order valence-corrected chi connectivity index (χ3v) is 3.90. The molecule has 0 unspecified atom stereocenters. The van der Waals surface area contributed by atoms with Crippen molar-refractivity contribution in [2.75, 3.05) is 0 Å². The molecule has 0 bridgehead atoms. The van der Waals surface area contributed by atoms with Gasteiger partial charge in [-0.05, 0) is 18.9 Å². The molecular weight excluding hydrogens is 208 g/mol. The first kappa shape index (κ1) is 16.0. The summed E-state index contributed by atoms with van der Waals surface area (Å²) in [6, 6.07) is 2.42. The predicted octanol–water partition coefficient (Wildman–Crippen LogP) is 5.76. The van der Waals surface area contributed by atoms with Gasteiger partial charge in [-0.1, -0.05) is 77.2 Å². The molecule has 95 valence electrons. The minimum atomic E-state index is -0.959. The Labute approximate surface area is 105 Å². The van der Waals surface area contributed by atoms with Gasteiger partial charge in [-0.3, -0.25) is 0 Å². The van der Waals surface area contributed by atoms with Gasteiger partial charge in [-0.25, -0.2) is 0 Å². The number of unbranched alkanes of at least 4 members (excludes halogenated alkanes) is 7. The Balaban J connectivity index is 3.15. The van der Waals surface area contributed by atoms with Crippen LogP contribution in [0.1, 0.15) is 58.3 Å². The molecule has 0 saturated carbocycles. The zero-order valence-electron chi connectivity index (χ0n) is 11.9. The van der Waals surface area contributed by atoms with E-state index in [9.17, 15) is 0 Å². The third-order valence-electron chi connectivity index (χ3n) is 2.71. The van der Waals surface area contributed by atoms with Gasteiger partial charge in [0.25, 0.3) is 0 Å². The highest BCUT2D eigenvalue weighted by Gasteiger charge is 2.09. The summed E-state index contributed by atoms with van der Waals surface area (Å²) in [5, 5.41) is 0. The molecule has 0 fully saturated rings. The molecule has 1 heteroatoms. The van der Waals surface area contributed by atoms with E-state index in [-0.39, 0.29) is 0 Å². The Bertz CT molecular complexity index is 165. The highest BCUT2D eigenvalue weighted by molar-refractivity contribution is 6.80. The topological polar surface area (TPSA) is 0 Å². The number of hydrogen-bond acceptors (Lipinski definition) is 0. The van der Waals surface area contributed by atoms with Crippen molar-refractivity contribution in [1.82, 2.24) is 0 Å². The minimum absolute atomic E-state index is 0.959. The summed E-state index contributed by atoms with van der Waals surface area (Å²) in [6.07, 6.45) is 15.8. The monoisotopic (exact) mass is 239 g/mol. The first-order chi connectivity index (χ1) is 7.56. The molecule has 16 heavy (non-hydrogen) atoms. The molecule has 0 rings (SSSR count). The van der Waals surface area contributed by atoms with Gasteiger partial charge >= 0.3 is 0 Å². The third kappa shape index (κ3) is 14.0. The molecule has 0 heterocycles. The Hall–Kier alpha value is -0.0431. The summed E-state index contributed by atoms with van der Waals surface area (Å²) >= 11 is 0. The lowest BCUT2D eigenvalue weighted by Gasteiger charge is -2.10. The van der Waals surface area contributed by atoms with E-state index < -0.39 is 8.07 Å². The lowest BCUT2D eigenvalue weighted by atomic mass is 10.1. The van der Waals surface area contributed by atoms with Crippen LogP contribution in [0.4, 0.5) is 0 Å². The molecule has 0 nitrogen and oxygen atoms in total. The van der Waals surface area contributed by atoms with Gasteiger partial charge in [0.1, 0.15) is 0 Å². The largest absolute Gasteiger partial charge is 0.0885 e. The van der Waals surface area contributed by atoms with Crippen molar-refractivity contribution in [2.24, 2.45) is 0 Å². The van der Waals surface area contributed by atoms with Crippen molar-refractivity contribution in [3.8, 4) is 0 Å². The van der Waals surface area contributed by atoms with Crippen LogP contribution in [0, 0.1) is 6.04 Å². The molecule has 0 aliphatic rings. The molecule has 0 spiro atoms. The molecule has 0 amide bonds. The maximum atomic E-state index is 2.42. The van der Waals surface area contributed by atoms with E-state index in [4.69, 9.17) is 0 Å². The van der Waals surface area contributed by atoms with Crippen LogP contribution in [-0.4, -0.2) is 8.07 Å². The van der Waals surface area contributed by atoms with E-state index in [0.717, 1.165) is 0 Å². The minimum Gasteiger partial charge on any atom is -0.0885 e. The first-order valence-corrected chi connectivity index (χ1v) is 10.6. The Morgan fingerprint density at radius 3 is 1.94 bits per heavy atom. The van der Waals surface area contributed by atoms with Gasteiger partial charge in [-0.2, -0.15) is 0 Å². The number of rotatable bonds is 10. The number of allylic oxidation sites excluding steroid dienone is 2. The lowest BCUT2D eigenvalue weighted by Crippen LogP contribution is -2.19. The Kier molecular flexibility index (Phi) is 10.1. The molecule has 0 saturated heterocycles. The molecule has 0 N–H and O–H groups in total. The smallest absolute Gasteiger partial charge is 0.0517 e. The van der Waals surface area contributed by atoms with E-state index >= 15 is 0 Å². The van der Waals surface area contributed by atoms with Crippen molar-refractivity contribution < 1.29 is 0 Å². The van der Waals surface area contributed by atoms with Crippen LogP contribution >= 0.6 is 0 Å². The van der Waals surface area contributed by atoms with Crippen LogP contribution in [-0.2, 0) is 0 Å². The summed E-state index contributed by atoms with van der Waals surface area (Å²) in [4.78, 5) is 0. The fraction of sp³-hybridized carbons (Fsp3) is 0.800. The standard InChI is InChI=1S/C15H31Si/c1-5-6-7-8-9-10-11-12-13-14-15-16(2,3)4/h13-15H,5-12H2,1-4H3/b14-13+. The average molecular weight is 239 g/mol. The quantitative estimate of drug-likeness (QED) is 0.335. The van der Waals surface area contributed by atoms with Gasteiger partial charge in [-0.15, -0.1) is 0 Å². The van der Waals surface area contributed by atoms with Crippen molar-refractivity contribution in [3.63, 3.8) is 0 Å². The SMILES string of the molecule is CCCCCCCCC/C=C/[CH][Si](C)(C)C. The summed E-state index contributed by atoms with van der Waals surface area (Å²) in [6.45, 7) is 9.42. The second-order valence-electron chi connectivity index (χ2n) is 5.87. The van der Waals surface area contributed by atoms with Crippen LogP contribution in [0.5, 0.6) is 0 Å². The van der Waals surface area contributed by atoms with Crippen LogP contribution < -0.4 is 0 Å². The van der Waals surface area contributed by atoms with Gasteiger partial charge < -0.3 is 0 Å². The maximum absolute atomic E-state index is 2.42. The molecular formula is C15H31Si. The zero-order valence-corrected chi connectivity index (χ0v) is 12.9. The van der Waals surface area contributed by atoms with E-state index in [2.05, 4.69) is 44.8 Å².